The van der Waals surface area contributed by atoms with Gasteiger partial charge in [-0.1, -0.05) is 6.07 Å². The van der Waals surface area contributed by atoms with E-state index in [0.29, 0.717) is 25.3 Å². The first kappa shape index (κ1) is 24.1. The highest BCUT2D eigenvalue weighted by Gasteiger charge is 2.28. The number of carbonyl (C=O) groups excluding carboxylic acids is 1. The molecule has 0 spiro atoms. The van der Waals surface area contributed by atoms with Crippen LogP contribution in [-0.4, -0.2) is 60.6 Å². The van der Waals surface area contributed by atoms with Crippen LogP contribution >= 0.6 is 0 Å². The zero-order valence-electron chi connectivity index (χ0n) is 18.7. The molecule has 0 radical (unpaired) electrons. The fourth-order valence-electron chi connectivity index (χ4n) is 3.97. The van der Waals surface area contributed by atoms with Gasteiger partial charge in [0.15, 0.2) is 0 Å². The van der Waals surface area contributed by atoms with E-state index >= 15 is 0 Å². The van der Waals surface area contributed by atoms with Gasteiger partial charge in [-0.05, 0) is 63.6 Å². The lowest BCUT2D eigenvalue weighted by atomic mass is 10.0. The summed E-state index contributed by atoms with van der Waals surface area (Å²) in [6.45, 7) is 4.99. The van der Waals surface area contributed by atoms with Gasteiger partial charge in [-0.25, -0.2) is 21.9 Å². The number of rotatable bonds is 7. The minimum Gasteiger partial charge on any atom is -0.351 e. The maximum absolute atomic E-state index is 14.7. The summed E-state index contributed by atoms with van der Waals surface area (Å²) in [5.41, 5.74) is 7.61. The minimum atomic E-state index is -3.17. The van der Waals surface area contributed by atoms with Crippen LogP contribution in [0.25, 0.3) is 0 Å². The number of nitrogens with zero attached hydrogens (tertiary/aromatic N) is 4. The highest BCUT2D eigenvalue weighted by Crippen LogP contribution is 2.29. The average Bonchev–Trinajstić information content (AvgIpc) is 2.77. The van der Waals surface area contributed by atoms with E-state index in [-0.39, 0.29) is 17.5 Å². The molecule has 1 aromatic heterocycles. The van der Waals surface area contributed by atoms with Crippen LogP contribution in [-0.2, 0) is 16.6 Å². The Balaban J connectivity index is 1.75. The number of piperidine rings is 1. The third kappa shape index (κ3) is 5.43. The third-order valence-corrected chi connectivity index (χ3v) is 7.74. The molecule has 0 saturated carbocycles. The van der Waals surface area contributed by atoms with Crippen molar-refractivity contribution in [1.82, 2.24) is 14.2 Å². The van der Waals surface area contributed by atoms with Crippen molar-refractivity contribution in [2.75, 3.05) is 30.8 Å². The molecule has 2 amide bonds. The van der Waals surface area contributed by atoms with Gasteiger partial charge in [-0.15, -0.1) is 0 Å². The Bertz CT molecular complexity index is 1050. The molecule has 2 heterocycles. The molecule has 174 valence electrons. The standard InChI is InChI=1S/C22H30FN5O3S/c1-4-32(30,31)27-11-9-18(10-12-27)26(3)15-17-6-8-20(23)21(13-17)28(22(24)29)19-7-5-16(2)25-14-19/h5-8,13-14,18H,4,9-12,15H2,1-3H3,(H2,24,29). The number of amides is 2. The van der Waals surface area contributed by atoms with Crippen LogP contribution in [0, 0.1) is 12.7 Å². The first-order valence-corrected chi connectivity index (χ1v) is 12.2. The number of hydrogen-bond acceptors (Lipinski definition) is 5. The van der Waals surface area contributed by atoms with E-state index in [0.717, 1.165) is 29.0 Å². The van der Waals surface area contributed by atoms with E-state index in [1.54, 1.807) is 35.5 Å². The summed E-state index contributed by atoms with van der Waals surface area (Å²) in [5, 5.41) is 0. The van der Waals surface area contributed by atoms with E-state index in [9.17, 15) is 17.6 Å². The van der Waals surface area contributed by atoms with Crippen molar-refractivity contribution in [1.29, 1.82) is 0 Å². The number of anilines is 2. The van der Waals surface area contributed by atoms with E-state index < -0.39 is 21.9 Å². The van der Waals surface area contributed by atoms with Gasteiger partial charge >= 0.3 is 6.03 Å². The molecule has 1 fully saturated rings. The van der Waals surface area contributed by atoms with Gasteiger partial charge in [0.05, 0.1) is 23.3 Å². The first-order chi connectivity index (χ1) is 15.1. The lowest BCUT2D eigenvalue weighted by molar-refractivity contribution is 0.162. The van der Waals surface area contributed by atoms with Gasteiger partial charge < -0.3 is 5.73 Å². The summed E-state index contributed by atoms with van der Waals surface area (Å²) in [7, 11) is -1.20. The van der Waals surface area contributed by atoms with Crippen LogP contribution in [0.5, 0.6) is 0 Å². The maximum atomic E-state index is 14.7. The van der Waals surface area contributed by atoms with Gasteiger partial charge in [-0.3, -0.25) is 14.8 Å². The number of benzene rings is 1. The molecule has 2 N–H and O–H groups in total. The molecule has 3 rings (SSSR count). The molecule has 32 heavy (non-hydrogen) atoms. The Morgan fingerprint density at radius 3 is 2.50 bits per heavy atom. The molecule has 10 heteroatoms. The fraction of sp³-hybridized carbons (Fsp3) is 0.455. The molecular weight excluding hydrogens is 433 g/mol. The van der Waals surface area contributed by atoms with Crippen molar-refractivity contribution in [2.24, 2.45) is 5.73 Å². The van der Waals surface area contributed by atoms with Gasteiger partial charge in [0.25, 0.3) is 0 Å². The van der Waals surface area contributed by atoms with Crippen molar-refractivity contribution in [3.8, 4) is 0 Å². The van der Waals surface area contributed by atoms with E-state index in [2.05, 4.69) is 9.88 Å². The second kappa shape index (κ2) is 9.93. The fourth-order valence-corrected chi connectivity index (χ4v) is 5.10. The highest BCUT2D eigenvalue weighted by molar-refractivity contribution is 7.89. The number of sulfonamides is 1. The first-order valence-electron chi connectivity index (χ1n) is 10.6. The van der Waals surface area contributed by atoms with Crippen molar-refractivity contribution in [3.63, 3.8) is 0 Å². The lowest BCUT2D eigenvalue weighted by Crippen LogP contribution is -2.45. The predicted molar refractivity (Wildman–Crippen MR) is 123 cm³/mol. The third-order valence-electron chi connectivity index (χ3n) is 5.86. The summed E-state index contributed by atoms with van der Waals surface area (Å²) in [4.78, 5) is 19.6. The number of aryl methyl sites for hydroxylation is 1. The Kier molecular flexibility index (Phi) is 7.47. The quantitative estimate of drug-likeness (QED) is 0.680. The summed E-state index contributed by atoms with van der Waals surface area (Å²) < 4.78 is 40.4. The van der Waals surface area contributed by atoms with Crippen LogP contribution in [0.3, 0.4) is 0 Å². The number of aromatic nitrogens is 1. The normalized spacial score (nSPS) is 15.8. The molecule has 0 bridgehead atoms. The van der Waals surface area contributed by atoms with Crippen molar-refractivity contribution in [2.45, 2.75) is 39.3 Å². The summed E-state index contributed by atoms with van der Waals surface area (Å²) in [6.07, 6.45) is 2.94. The van der Waals surface area contributed by atoms with Gasteiger partial charge in [0, 0.05) is 31.4 Å². The molecular formula is C22H30FN5O3S. The van der Waals surface area contributed by atoms with Crippen molar-refractivity contribution in [3.05, 3.63) is 53.6 Å². The molecule has 0 unspecified atom stereocenters. The van der Waals surface area contributed by atoms with Crippen LogP contribution in [0.1, 0.15) is 31.0 Å². The second-order valence-corrected chi connectivity index (χ2v) is 10.3. The average molecular weight is 464 g/mol. The number of primary amides is 1. The summed E-state index contributed by atoms with van der Waals surface area (Å²) in [5.74, 6) is -0.451. The molecule has 8 nitrogen and oxygen atoms in total. The Morgan fingerprint density at radius 1 is 1.25 bits per heavy atom. The van der Waals surface area contributed by atoms with E-state index in [4.69, 9.17) is 5.73 Å². The molecule has 1 aliphatic rings. The maximum Gasteiger partial charge on any atom is 0.324 e. The Morgan fingerprint density at radius 2 is 1.94 bits per heavy atom. The number of urea groups is 1. The zero-order valence-corrected chi connectivity index (χ0v) is 19.5. The van der Waals surface area contributed by atoms with Crippen molar-refractivity contribution < 1.29 is 17.6 Å². The molecule has 0 aliphatic carbocycles. The van der Waals surface area contributed by atoms with E-state index in [1.807, 2.05) is 14.0 Å². The molecule has 1 saturated heterocycles. The molecule has 2 aromatic rings. The van der Waals surface area contributed by atoms with Gasteiger partial charge in [0.1, 0.15) is 5.82 Å². The molecule has 0 atom stereocenters. The Hall–Kier alpha value is -2.56. The second-order valence-electron chi connectivity index (χ2n) is 8.06. The molecule has 1 aromatic carbocycles. The van der Waals surface area contributed by atoms with E-state index in [1.165, 1.54) is 12.3 Å². The number of carbonyl (C=O) groups is 1. The number of hydrogen-bond donors (Lipinski definition) is 1. The monoisotopic (exact) mass is 463 g/mol. The number of halogens is 1. The van der Waals surface area contributed by atoms with Gasteiger partial charge in [0.2, 0.25) is 10.0 Å². The summed E-state index contributed by atoms with van der Waals surface area (Å²) >= 11 is 0. The molecule has 1 aliphatic heterocycles. The van der Waals surface area contributed by atoms with Crippen LogP contribution in [0.2, 0.25) is 0 Å². The predicted octanol–water partition coefficient (Wildman–Crippen LogP) is 2.99. The largest absolute Gasteiger partial charge is 0.351 e. The number of nitrogens with two attached hydrogens (primary N) is 1. The highest BCUT2D eigenvalue weighted by atomic mass is 32.2. The topological polar surface area (TPSA) is 99.8 Å². The smallest absolute Gasteiger partial charge is 0.324 e. The summed E-state index contributed by atoms with van der Waals surface area (Å²) in [6, 6.07) is 7.43. The lowest BCUT2D eigenvalue weighted by Gasteiger charge is -2.36. The zero-order chi connectivity index (χ0) is 23.5. The minimum absolute atomic E-state index is 0.0675. The number of pyridine rings is 1. The van der Waals surface area contributed by atoms with Gasteiger partial charge in [-0.2, -0.15) is 0 Å². The Labute approximate surface area is 188 Å². The van der Waals surface area contributed by atoms with Crippen molar-refractivity contribution >= 4 is 27.4 Å². The van der Waals surface area contributed by atoms with Crippen LogP contribution in [0.15, 0.2) is 36.5 Å². The van der Waals surface area contributed by atoms with Crippen LogP contribution < -0.4 is 10.6 Å². The SMILES string of the molecule is CCS(=O)(=O)N1CCC(N(C)Cc2ccc(F)c(N(C(N)=O)c3ccc(C)nc3)c2)CC1. The van der Waals surface area contributed by atoms with Crippen LogP contribution in [0.4, 0.5) is 20.6 Å².